The number of aryl methyl sites for hydroxylation is 1. The predicted molar refractivity (Wildman–Crippen MR) is 140 cm³/mol. The van der Waals surface area contributed by atoms with E-state index in [0.717, 1.165) is 81.3 Å². The number of rotatable bonds is 12. The molecule has 1 aliphatic heterocycles. The quantitative estimate of drug-likeness (QED) is 0.396. The summed E-state index contributed by atoms with van der Waals surface area (Å²) in [4.78, 5) is 6.94. The number of nitrogens with one attached hydrogen (secondary N) is 2. The van der Waals surface area contributed by atoms with Gasteiger partial charge in [-0.1, -0.05) is 26.8 Å². The highest BCUT2D eigenvalue weighted by molar-refractivity contribution is 5.40. The van der Waals surface area contributed by atoms with Gasteiger partial charge in [0.15, 0.2) is 0 Å². The molecule has 36 heavy (non-hydrogen) atoms. The molecule has 4 rings (SSSR count). The van der Waals surface area contributed by atoms with Gasteiger partial charge in [0, 0.05) is 49.2 Å². The van der Waals surface area contributed by atoms with E-state index >= 15 is 0 Å². The van der Waals surface area contributed by atoms with Crippen molar-refractivity contribution >= 4 is 5.82 Å². The van der Waals surface area contributed by atoms with E-state index in [-0.39, 0.29) is 18.2 Å². The van der Waals surface area contributed by atoms with Gasteiger partial charge in [-0.05, 0) is 68.7 Å². The summed E-state index contributed by atoms with van der Waals surface area (Å²) in [5.41, 5.74) is 2.26. The van der Waals surface area contributed by atoms with E-state index in [9.17, 15) is 13.9 Å². The van der Waals surface area contributed by atoms with E-state index in [1.165, 1.54) is 6.07 Å². The SMILES string of the molecule is C=C(Nc1cn(CC2CCCN2C[C@@H](O)CC)cn1)[C@H](CCC)N[C@H]1CCc2cc(F)cc(F)c2C1. The monoisotopic (exact) mass is 501 g/mol. The first-order valence-electron chi connectivity index (χ1n) is 13.5. The number of hydrogen-bond acceptors (Lipinski definition) is 5. The molecule has 0 saturated carbocycles. The van der Waals surface area contributed by atoms with Gasteiger partial charge >= 0.3 is 0 Å². The second-order valence-electron chi connectivity index (χ2n) is 10.4. The molecule has 0 radical (unpaired) electrons. The fourth-order valence-electron chi connectivity index (χ4n) is 5.62. The van der Waals surface area contributed by atoms with Crippen LogP contribution >= 0.6 is 0 Å². The van der Waals surface area contributed by atoms with Gasteiger partial charge < -0.3 is 20.3 Å². The van der Waals surface area contributed by atoms with E-state index in [2.05, 4.69) is 38.6 Å². The number of halogens is 2. The first-order chi connectivity index (χ1) is 17.4. The number of anilines is 1. The molecule has 1 unspecified atom stereocenters. The third kappa shape index (κ3) is 6.72. The normalized spacial score (nSPS) is 21.8. The van der Waals surface area contributed by atoms with Gasteiger partial charge in [-0.3, -0.25) is 4.90 Å². The van der Waals surface area contributed by atoms with Crippen molar-refractivity contribution in [3.8, 4) is 0 Å². The summed E-state index contributed by atoms with van der Waals surface area (Å²) in [6.45, 7) is 11.1. The van der Waals surface area contributed by atoms with Gasteiger partial charge in [0.05, 0.1) is 12.4 Å². The number of nitrogens with zero attached hydrogens (tertiary/aromatic N) is 3. The van der Waals surface area contributed by atoms with Crippen LogP contribution in [0.5, 0.6) is 0 Å². The largest absolute Gasteiger partial charge is 0.392 e. The fourth-order valence-corrected chi connectivity index (χ4v) is 5.62. The zero-order valence-electron chi connectivity index (χ0n) is 21.6. The number of likely N-dealkylation sites (tertiary alicyclic amines) is 1. The predicted octanol–water partition coefficient (Wildman–Crippen LogP) is 4.64. The molecule has 0 spiro atoms. The van der Waals surface area contributed by atoms with E-state index in [1.54, 1.807) is 0 Å². The molecule has 0 amide bonds. The smallest absolute Gasteiger partial charge is 0.148 e. The van der Waals surface area contributed by atoms with E-state index in [0.29, 0.717) is 24.4 Å². The minimum atomic E-state index is -0.502. The van der Waals surface area contributed by atoms with Crippen LogP contribution in [0.1, 0.15) is 63.5 Å². The first-order valence-corrected chi connectivity index (χ1v) is 13.5. The number of aliphatic hydroxyl groups is 1. The zero-order chi connectivity index (χ0) is 25.7. The minimum absolute atomic E-state index is 0.0241. The number of hydrogen-bond donors (Lipinski definition) is 3. The fraction of sp³-hybridized carbons (Fsp3) is 0.607. The number of benzene rings is 1. The van der Waals surface area contributed by atoms with Crippen molar-refractivity contribution in [1.29, 1.82) is 0 Å². The second kappa shape index (κ2) is 12.3. The van der Waals surface area contributed by atoms with Crippen molar-refractivity contribution < 1.29 is 13.9 Å². The van der Waals surface area contributed by atoms with Crippen LogP contribution in [0.2, 0.25) is 0 Å². The maximum absolute atomic E-state index is 14.4. The summed E-state index contributed by atoms with van der Waals surface area (Å²) in [6, 6.07) is 2.99. The van der Waals surface area contributed by atoms with Gasteiger partial charge in [-0.25, -0.2) is 13.8 Å². The van der Waals surface area contributed by atoms with Crippen molar-refractivity contribution in [1.82, 2.24) is 19.8 Å². The zero-order valence-corrected chi connectivity index (χ0v) is 21.6. The Balaban J connectivity index is 1.33. The first kappa shape index (κ1) is 26.8. The Morgan fingerprint density at radius 2 is 2.11 bits per heavy atom. The lowest BCUT2D eigenvalue weighted by Crippen LogP contribution is -2.43. The molecule has 2 aromatic rings. The van der Waals surface area contributed by atoms with Gasteiger partial charge in [-0.2, -0.15) is 0 Å². The van der Waals surface area contributed by atoms with E-state index in [1.807, 2.05) is 19.4 Å². The Labute approximate surface area is 213 Å². The van der Waals surface area contributed by atoms with Crippen LogP contribution < -0.4 is 10.6 Å². The molecule has 8 heteroatoms. The molecule has 1 saturated heterocycles. The molecule has 3 N–H and O–H groups in total. The van der Waals surface area contributed by atoms with Crippen LogP contribution in [0.25, 0.3) is 0 Å². The lowest BCUT2D eigenvalue weighted by molar-refractivity contribution is 0.0984. The van der Waals surface area contributed by atoms with Crippen LogP contribution in [0, 0.1) is 11.6 Å². The van der Waals surface area contributed by atoms with Crippen LogP contribution in [0.3, 0.4) is 0 Å². The Morgan fingerprint density at radius 1 is 1.28 bits per heavy atom. The van der Waals surface area contributed by atoms with Gasteiger partial charge in [0.1, 0.15) is 17.5 Å². The summed E-state index contributed by atoms with van der Waals surface area (Å²) in [7, 11) is 0. The van der Waals surface area contributed by atoms with E-state index in [4.69, 9.17) is 0 Å². The summed E-state index contributed by atoms with van der Waals surface area (Å²) >= 11 is 0. The lowest BCUT2D eigenvalue weighted by atomic mass is 9.87. The minimum Gasteiger partial charge on any atom is -0.392 e. The van der Waals surface area contributed by atoms with Gasteiger partial charge in [0.2, 0.25) is 0 Å². The molecule has 6 nitrogen and oxygen atoms in total. The number of fused-ring (bicyclic) bond motifs is 1. The van der Waals surface area contributed by atoms with E-state index < -0.39 is 11.6 Å². The molecule has 198 valence electrons. The summed E-state index contributed by atoms with van der Waals surface area (Å²) in [6.07, 6.45) is 10.6. The van der Waals surface area contributed by atoms with Crippen LogP contribution in [-0.2, 0) is 19.4 Å². The van der Waals surface area contributed by atoms with Crippen molar-refractivity contribution in [2.24, 2.45) is 0 Å². The Hall–Kier alpha value is -2.29. The number of β-amino-alcohol motifs (C(OH)–C–C–N with tert-alkyl or cyclic N) is 1. The highest BCUT2D eigenvalue weighted by Gasteiger charge is 2.27. The molecule has 2 heterocycles. The van der Waals surface area contributed by atoms with Gasteiger partial charge in [0.25, 0.3) is 0 Å². The third-order valence-corrected chi connectivity index (χ3v) is 7.66. The van der Waals surface area contributed by atoms with Gasteiger partial charge in [-0.15, -0.1) is 0 Å². The van der Waals surface area contributed by atoms with Crippen LogP contribution in [0.15, 0.2) is 36.9 Å². The molecule has 1 aromatic carbocycles. The topological polar surface area (TPSA) is 65.4 Å². The molecular formula is C28H41F2N5O. The number of imidazole rings is 1. The van der Waals surface area contributed by atoms with Crippen molar-refractivity contribution in [3.63, 3.8) is 0 Å². The maximum Gasteiger partial charge on any atom is 0.148 e. The number of aromatic nitrogens is 2. The molecule has 1 fully saturated rings. The third-order valence-electron chi connectivity index (χ3n) is 7.66. The van der Waals surface area contributed by atoms with Crippen molar-refractivity contribution in [2.75, 3.05) is 18.4 Å². The van der Waals surface area contributed by atoms with Crippen molar-refractivity contribution in [3.05, 3.63) is 59.7 Å². The summed E-state index contributed by atoms with van der Waals surface area (Å²) < 4.78 is 30.1. The second-order valence-corrected chi connectivity index (χ2v) is 10.4. The molecule has 0 bridgehead atoms. The molecular weight excluding hydrogens is 460 g/mol. The highest BCUT2D eigenvalue weighted by atomic mass is 19.1. The standard InChI is InChI=1S/C28H41F2N5O/c1-4-7-27(33-22-10-9-20-12-21(29)13-26(30)25(20)14-22)19(3)32-28-17-34(18-31-28)15-23-8-6-11-35(23)16-24(36)5-2/h12-13,17-18,22-24,27,32-33,36H,3-11,14-16H2,1-2H3/t22-,23?,24-,27-/m0/s1. The Bertz CT molecular complexity index is 1030. The lowest BCUT2D eigenvalue weighted by Gasteiger charge is -2.31. The Kier molecular flexibility index (Phi) is 9.14. The van der Waals surface area contributed by atoms with Crippen molar-refractivity contribution in [2.45, 2.75) is 96.0 Å². The summed E-state index contributed by atoms with van der Waals surface area (Å²) in [5.74, 6) is -0.189. The molecule has 1 aromatic heterocycles. The van der Waals surface area contributed by atoms with Crippen LogP contribution in [-0.4, -0.2) is 56.9 Å². The Morgan fingerprint density at radius 3 is 2.89 bits per heavy atom. The average Bonchev–Trinajstić information content (AvgIpc) is 3.48. The molecule has 2 aliphatic rings. The maximum atomic E-state index is 14.4. The highest BCUT2D eigenvalue weighted by Crippen LogP contribution is 2.26. The summed E-state index contributed by atoms with van der Waals surface area (Å²) in [5, 5.41) is 17.1. The number of aliphatic hydroxyl groups excluding tert-OH is 1. The van der Waals surface area contributed by atoms with Crippen LogP contribution in [0.4, 0.5) is 14.6 Å². The molecule has 1 aliphatic carbocycles. The average molecular weight is 502 g/mol. The molecule has 4 atom stereocenters.